The van der Waals surface area contributed by atoms with E-state index in [9.17, 15) is 9.18 Å². The van der Waals surface area contributed by atoms with Gasteiger partial charge in [0.2, 0.25) is 5.91 Å². The largest absolute Gasteiger partial charge is 0.497 e. The quantitative estimate of drug-likeness (QED) is 0.459. The van der Waals surface area contributed by atoms with Gasteiger partial charge in [-0.3, -0.25) is 4.79 Å². The zero-order valence-corrected chi connectivity index (χ0v) is 19.9. The number of nitrogens with zero attached hydrogens (tertiary/aromatic N) is 2. The fraction of sp³-hybridized carbons (Fsp3) is 0.500. The standard InChI is InChI=1S/C28H34FN3O2/c1-34-23-16-17-24-25(18-23)32(27(31-24)20-12-14-21(29)15-13-20)26(19-8-4-2-5-9-19)28(33)30-22-10-6-3-7-11-22/h12-19,22,26H,2-11H2,1H3,(H,30,33). The number of rotatable bonds is 6. The summed E-state index contributed by atoms with van der Waals surface area (Å²) in [4.78, 5) is 18.9. The molecule has 180 valence electrons. The van der Waals surface area contributed by atoms with Gasteiger partial charge in [-0.1, -0.05) is 38.5 Å². The number of benzene rings is 2. The molecule has 5 rings (SSSR count). The van der Waals surface area contributed by atoms with E-state index < -0.39 is 0 Å². The van der Waals surface area contributed by atoms with E-state index in [-0.39, 0.29) is 29.7 Å². The monoisotopic (exact) mass is 463 g/mol. The topological polar surface area (TPSA) is 56.2 Å². The van der Waals surface area contributed by atoms with Gasteiger partial charge in [-0.05, 0) is 68.0 Å². The first-order valence-corrected chi connectivity index (χ1v) is 12.8. The Bertz CT molecular complexity index is 1130. The number of halogens is 1. The van der Waals surface area contributed by atoms with Crippen molar-refractivity contribution in [3.05, 3.63) is 48.3 Å². The van der Waals surface area contributed by atoms with E-state index in [1.807, 2.05) is 18.2 Å². The van der Waals surface area contributed by atoms with Gasteiger partial charge in [-0.15, -0.1) is 0 Å². The summed E-state index contributed by atoms with van der Waals surface area (Å²) in [6.45, 7) is 0. The minimum atomic E-state index is -0.362. The van der Waals surface area contributed by atoms with Gasteiger partial charge in [-0.25, -0.2) is 9.37 Å². The van der Waals surface area contributed by atoms with Crippen molar-refractivity contribution in [2.75, 3.05) is 7.11 Å². The molecular weight excluding hydrogens is 429 g/mol. The van der Waals surface area contributed by atoms with Crippen LogP contribution in [-0.4, -0.2) is 28.6 Å². The van der Waals surface area contributed by atoms with Crippen molar-refractivity contribution in [2.24, 2.45) is 5.92 Å². The summed E-state index contributed by atoms with van der Waals surface area (Å²) < 4.78 is 21.4. The fourth-order valence-corrected chi connectivity index (χ4v) is 5.81. The van der Waals surface area contributed by atoms with Gasteiger partial charge in [0.15, 0.2) is 0 Å². The summed E-state index contributed by atoms with van der Waals surface area (Å²) in [5.41, 5.74) is 2.50. The van der Waals surface area contributed by atoms with Crippen molar-refractivity contribution >= 4 is 16.9 Å². The molecule has 2 aromatic carbocycles. The van der Waals surface area contributed by atoms with E-state index in [2.05, 4.69) is 9.88 Å². The maximum atomic E-state index is 14.0. The molecule has 2 aliphatic carbocycles. The van der Waals surface area contributed by atoms with Crippen molar-refractivity contribution in [2.45, 2.75) is 76.3 Å². The highest BCUT2D eigenvalue weighted by Crippen LogP contribution is 2.39. The van der Waals surface area contributed by atoms with E-state index >= 15 is 0 Å². The van der Waals surface area contributed by atoms with E-state index in [4.69, 9.17) is 9.72 Å². The smallest absolute Gasteiger partial charge is 0.243 e. The molecule has 1 aromatic heterocycles. The zero-order valence-electron chi connectivity index (χ0n) is 19.9. The molecule has 1 N–H and O–H groups in total. The Morgan fingerprint density at radius 1 is 1.00 bits per heavy atom. The fourth-order valence-electron chi connectivity index (χ4n) is 5.81. The summed E-state index contributed by atoms with van der Waals surface area (Å²) in [6, 6.07) is 12.1. The molecule has 2 aliphatic rings. The number of imidazole rings is 1. The van der Waals surface area contributed by atoms with Gasteiger partial charge >= 0.3 is 0 Å². The molecule has 2 fully saturated rings. The van der Waals surface area contributed by atoms with Crippen molar-refractivity contribution in [3.63, 3.8) is 0 Å². The molecule has 0 saturated heterocycles. The molecule has 6 heteroatoms. The van der Waals surface area contributed by atoms with Crippen LogP contribution in [0.15, 0.2) is 42.5 Å². The highest BCUT2D eigenvalue weighted by Gasteiger charge is 2.35. The first-order chi connectivity index (χ1) is 16.6. The van der Waals surface area contributed by atoms with Gasteiger partial charge in [-0.2, -0.15) is 0 Å². The number of nitrogens with one attached hydrogen (secondary N) is 1. The molecule has 0 spiro atoms. The third-order valence-corrected chi connectivity index (χ3v) is 7.59. The van der Waals surface area contributed by atoms with Crippen LogP contribution < -0.4 is 10.1 Å². The average Bonchev–Trinajstić information content (AvgIpc) is 3.24. The SMILES string of the molecule is COc1ccc2nc(-c3ccc(F)cc3)n(C(C(=O)NC3CCCCC3)C3CCCCC3)c2c1. The van der Waals surface area contributed by atoms with Gasteiger partial charge < -0.3 is 14.6 Å². The number of hydrogen-bond donors (Lipinski definition) is 1. The van der Waals surface area contributed by atoms with E-state index in [0.717, 1.165) is 60.9 Å². The number of fused-ring (bicyclic) bond motifs is 1. The summed E-state index contributed by atoms with van der Waals surface area (Å²) in [5.74, 6) is 1.48. The highest BCUT2D eigenvalue weighted by atomic mass is 19.1. The summed E-state index contributed by atoms with van der Waals surface area (Å²) in [6.07, 6.45) is 11.2. The van der Waals surface area contributed by atoms with Crippen LogP contribution in [0.1, 0.15) is 70.3 Å². The lowest BCUT2D eigenvalue weighted by atomic mass is 9.82. The molecule has 3 aromatic rings. The second-order valence-electron chi connectivity index (χ2n) is 9.85. The van der Waals surface area contributed by atoms with Crippen LogP contribution in [-0.2, 0) is 4.79 Å². The van der Waals surface area contributed by atoms with Crippen molar-refractivity contribution in [3.8, 4) is 17.1 Å². The molecule has 2 saturated carbocycles. The number of carbonyl (C=O) groups is 1. The van der Waals surface area contributed by atoms with E-state index in [1.165, 1.54) is 37.8 Å². The van der Waals surface area contributed by atoms with Gasteiger partial charge in [0, 0.05) is 17.7 Å². The van der Waals surface area contributed by atoms with Crippen molar-refractivity contribution in [1.29, 1.82) is 0 Å². The second kappa shape index (κ2) is 10.2. The number of hydrogen-bond acceptors (Lipinski definition) is 3. The van der Waals surface area contributed by atoms with Crippen LogP contribution in [0.2, 0.25) is 0 Å². The first-order valence-electron chi connectivity index (χ1n) is 12.8. The Labute approximate surface area is 200 Å². The van der Waals surface area contributed by atoms with Gasteiger partial charge in [0.25, 0.3) is 0 Å². The van der Waals surface area contributed by atoms with Crippen LogP contribution in [0.25, 0.3) is 22.4 Å². The Kier molecular flexibility index (Phi) is 6.84. The predicted octanol–water partition coefficient (Wildman–Crippen LogP) is 6.42. The maximum Gasteiger partial charge on any atom is 0.243 e. The molecule has 0 aliphatic heterocycles. The lowest BCUT2D eigenvalue weighted by Crippen LogP contribution is -2.43. The Hall–Kier alpha value is -2.89. The van der Waals surface area contributed by atoms with Crippen LogP contribution in [0.5, 0.6) is 5.75 Å². The van der Waals surface area contributed by atoms with E-state index in [0.29, 0.717) is 5.82 Å². The molecule has 1 heterocycles. The maximum absolute atomic E-state index is 14.0. The molecule has 34 heavy (non-hydrogen) atoms. The molecule has 0 bridgehead atoms. The third kappa shape index (κ3) is 4.68. The van der Waals surface area contributed by atoms with Crippen LogP contribution in [0, 0.1) is 11.7 Å². The Balaban J connectivity index is 1.64. The van der Waals surface area contributed by atoms with Crippen LogP contribution in [0.3, 0.4) is 0 Å². The molecule has 1 atom stereocenters. The summed E-state index contributed by atoms with van der Waals surface area (Å²) >= 11 is 0. The first kappa shape index (κ1) is 22.9. The van der Waals surface area contributed by atoms with Crippen LogP contribution in [0.4, 0.5) is 4.39 Å². The average molecular weight is 464 g/mol. The lowest BCUT2D eigenvalue weighted by Gasteiger charge is -2.33. The molecule has 1 unspecified atom stereocenters. The minimum absolute atomic E-state index is 0.0873. The summed E-state index contributed by atoms with van der Waals surface area (Å²) in [5, 5.41) is 3.41. The van der Waals surface area contributed by atoms with Crippen molar-refractivity contribution < 1.29 is 13.9 Å². The lowest BCUT2D eigenvalue weighted by molar-refractivity contribution is -0.127. The molecule has 5 nitrogen and oxygen atoms in total. The molecule has 0 radical (unpaired) electrons. The third-order valence-electron chi connectivity index (χ3n) is 7.59. The Morgan fingerprint density at radius 2 is 1.68 bits per heavy atom. The van der Waals surface area contributed by atoms with Gasteiger partial charge in [0.05, 0.1) is 18.1 Å². The van der Waals surface area contributed by atoms with Crippen LogP contribution >= 0.6 is 0 Å². The number of ether oxygens (including phenoxy) is 1. The molecule has 1 amide bonds. The van der Waals surface area contributed by atoms with Crippen molar-refractivity contribution in [1.82, 2.24) is 14.9 Å². The molecular formula is C28H34FN3O2. The highest BCUT2D eigenvalue weighted by molar-refractivity contribution is 5.88. The zero-order chi connectivity index (χ0) is 23.5. The number of amides is 1. The number of carbonyl (C=O) groups excluding carboxylic acids is 1. The number of aromatic nitrogens is 2. The van der Waals surface area contributed by atoms with E-state index in [1.54, 1.807) is 19.2 Å². The normalized spacial score (nSPS) is 18.6. The van der Waals surface area contributed by atoms with Gasteiger partial charge in [0.1, 0.15) is 23.4 Å². The predicted molar refractivity (Wildman–Crippen MR) is 132 cm³/mol. The number of methoxy groups -OCH3 is 1. The summed E-state index contributed by atoms with van der Waals surface area (Å²) in [7, 11) is 1.65. The minimum Gasteiger partial charge on any atom is -0.497 e. The Morgan fingerprint density at radius 3 is 2.35 bits per heavy atom. The second-order valence-corrected chi connectivity index (χ2v) is 9.85.